The Labute approximate surface area is 238 Å². The van der Waals surface area contributed by atoms with Crippen LogP contribution in [0.15, 0.2) is 99.7 Å². The summed E-state index contributed by atoms with van der Waals surface area (Å²) in [6.07, 6.45) is -0.203. The summed E-state index contributed by atoms with van der Waals surface area (Å²) in [7, 11) is 1.93. The van der Waals surface area contributed by atoms with Crippen LogP contribution in [-0.4, -0.2) is 35.8 Å². The summed E-state index contributed by atoms with van der Waals surface area (Å²) >= 11 is 2.75. The van der Waals surface area contributed by atoms with Crippen LogP contribution in [0, 0.1) is 0 Å². The summed E-state index contributed by atoms with van der Waals surface area (Å²) in [6, 6.07) is 26.2. The van der Waals surface area contributed by atoms with E-state index in [0.717, 1.165) is 15.6 Å². The van der Waals surface area contributed by atoms with Crippen molar-refractivity contribution in [2.75, 3.05) is 23.6 Å². The first-order chi connectivity index (χ1) is 19.5. The van der Waals surface area contributed by atoms with E-state index in [4.69, 9.17) is 4.74 Å². The van der Waals surface area contributed by atoms with Crippen molar-refractivity contribution in [1.29, 1.82) is 0 Å². The van der Waals surface area contributed by atoms with Crippen molar-refractivity contribution >= 4 is 62.7 Å². The molecule has 4 aromatic rings. The highest BCUT2D eigenvalue weighted by atomic mass is 32.2. The number of fused-ring (bicyclic) bond motifs is 1. The molecule has 8 nitrogen and oxygen atoms in total. The molecule has 200 valence electrons. The number of thiazole rings is 1. The van der Waals surface area contributed by atoms with Crippen molar-refractivity contribution in [3.63, 3.8) is 0 Å². The molecule has 10 heteroatoms. The number of benzene rings is 3. The molecule has 40 heavy (non-hydrogen) atoms. The Balaban J connectivity index is 1.65. The molecular formula is C30H24N4O4S2. The molecule has 0 saturated carbocycles. The summed E-state index contributed by atoms with van der Waals surface area (Å²) in [5.41, 5.74) is 2.39. The van der Waals surface area contributed by atoms with Gasteiger partial charge < -0.3 is 9.64 Å². The van der Waals surface area contributed by atoms with E-state index < -0.39 is 11.9 Å². The minimum Gasteiger partial charge on any atom is -0.466 e. The molecule has 0 aliphatic carbocycles. The monoisotopic (exact) mass is 568 g/mol. The zero-order chi connectivity index (χ0) is 27.8. The Morgan fingerprint density at radius 3 is 2.23 bits per heavy atom. The van der Waals surface area contributed by atoms with Gasteiger partial charge in [-0.2, -0.15) is 10.1 Å². The molecule has 3 heterocycles. The first-order valence-electron chi connectivity index (χ1n) is 12.7. The number of carbonyl (C=O) groups excluding carboxylic acids is 2. The number of anilines is 2. The first kappa shape index (κ1) is 25.8. The number of para-hydroxylation sites is 3. The van der Waals surface area contributed by atoms with Crippen LogP contribution in [0.1, 0.15) is 13.3 Å². The number of nitrogens with zero attached hydrogens (tertiary/aromatic N) is 4. The van der Waals surface area contributed by atoms with E-state index in [2.05, 4.69) is 5.10 Å². The minimum atomic E-state index is -0.497. The Morgan fingerprint density at radius 1 is 0.900 bits per heavy atom. The van der Waals surface area contributed by atoms with Crippen LogP contribution in [0.25, 0.3) is 16.3 Å². The van der Waals surface area contributed by atoms with Crippen molar-refractivity contribution in [2.24, 2.45) is 5.10 Å². The van der Waals surface area contributed by atoms with Crippen molar-refractivity contribution in [2.45, 2.75) is 18.2 Å². The normalized spacial score (nSPS) is 17.2. The molecule has 0 N–H and O–H groups in total. The number of rotatable bonds is 5. The minimum absolute atomic E-state index is 0.203. The van der Waals surface area contributed by atoms with Crippen molar-refractivity contribution in [3.8, 4) is 5.69 Å². The van der Waals surface area contributed by atoms with Crippen LogP contribution >= 0.6 is 23.1 Å². The van der Waals surface area contributed by atoms with E-state index in [0.29, 0.717) is 20.6 Å². The molecule has 0 saturated heterocycles. The molecular weight excluding hydrogens is 544 g/mol. The molecule has 2 aliphatic heterocycles. The lowest BCUT2D eigenvalue weighted by molar-refractivity contribution is -0.141. The van der Waals surface area contributed by atoms with Gasteiger partial charge in [-0.3, -0.25) is 19.0 Å². The highest BCUT2D eigenvalue weighted by Crippen LogP contribution is 2.45. The molecule has 0 bridgehead atoms. The average molecular weight is 569 g/mol. The van der Waals surface area contributed by atoms with Crippen molar-refractivity contribution in [1.82, 2.24) is 4.57 Å². The lowest BCUT2D eigenvalue weighted by Gasteiger charge is -2.11. The second kappa shape index (κ2) is 10.6. The number of amides is 1. The van der Waals surface area contributed by atoms with Crippen LogP contribution in [0.5, 0.6) is 0 Å². The zero-order valence-corrected chi connectivity index (χ0v) is 23.4. The molecule has 3 aromatic carbocycles. The van der Waals surface area contributed by atoms with Gasteiger partial charge in [-0.15, -0.1) is 11.3 Å². The third kappa shape index (κ3) is 4.44. The Kier molecular flexibility index (Phi) is 6.87. The predicted molar refractivity (Wildman–Crippen MR) is 159 cm³/mol. The lowest BCUT2D eigenvalue weighted by Crippen LogP contribution is -2.35. The zero-order valence-electron chi connectivity index (χ0n) is 21.7. The van der Waals surface area contributed by atoms with Crippen LogP contribution in [0.3, 0.4) is 0 Å². The fraction of sp³-hybridized carbons (Fsp3) is 0.133. The lowest BCUT2D eigenvalue weighted by atomic mass is 10.1. The highest BCUT2D eigenvalue weighted by molar-refractivity contribution is 8.08. The SMILES string of the molecule is CCOC(=O)CC1=NN(c2ccccc2)C(=O)C1=c1sc(=C2Sc3ccccc3N2C)c(=O)n1-c1ccccc1. The van der Waals surface area contributed by atoms with Crippen LogP contribution in [-0.2, 0) is 14.3 Å². The van der Waals surface area contributed by atoms with Crippen LogP contribution in [0.2, 0.25) is 0 Å². The van der Waals surface area contributed by atoms with Crippen molar-refractivity contribution in [3.05, 3.63) is 104 Å². The standard InChI is InChI=1S/C30H24N4O4S2/c1-3-38-24(35)18-21-25(27(36)34(31-21)20-14-8-5-9-15-20)29-33(19-12-6-4-7-13-19)28(37)26(40-29)30-32(2)22-16-10-11-17-23(22)39-30/h4-17H,3,18H2,1-2H3. The van der Waals surface area contributed by atoms with E-state index >= 15 is 0 Å². The number of hydrogen-bond donors (Lipinski definition) is 0. The molecule has 0 unspecified atom stereocenters. The quantitative estimate of drug-likeness (QED) is 0.342. The number of esters is 1. The highest BCUT2D eigenvalue weighted by Gasteiger charge is 2.35. The predicted octanol–water partition coefficient (Wildman–Crippen LogP) is 3.71. The summed E-state index contributed by atoms with van der Waals surface area (Å²) < 4.78 is 7.65. The third-order valence-corrected chi connectivity index (χ3v) is 9.01. The molecule has 0 fully saturated rings. The van der Waals surface area contributed by atoms with E-state index in [9.17, 15) is 14.4 Å². The Hall–Kier alpha value is -4.41. The topological polar surface area (TPSA) is 84.2 Å². The van der Waals surface area contributed by atoms with Crippen molar-refractivity contribution < 1.29 is 14.3 Å². The number of hydrazone groups is 1. The number of ether oxygens (including phenoxy) is 1. The maximum Gasteiger partial charge on any atom is 0.311 e. The van der Waals surface area contributed by atoms with E-state index in [1.807, 2.05) is 84.7 Å². The third-order valence-electron chi connectivity index (χ3n) is 6.49. The Bertz CT molecular complexity index is 1850. The van der Waals surface area contributed by atoms with Crippen LogP contribution in [0.4, 0.5) is 11.4 Å². The first-order valence-corrected chi connectivity index (χ1v) is 14.3. The van der Waals surface area contributed by atoms with Gasteiger partial charge in [0.05, 0.1) is 35.8 Å². The van der Waals surface area contributed by atoms with Gasteiger partial charge in [-0.05, 0) is 43.3 Å². The maximum atomic E-state index is 14.2. The van der Waals surface area contributed by atoms with Crippen LogP contribution < -0.4 is 24.7 Å². The summed E-state index contributed by atoms with van der Waals surface area (Å²) in [4.78, 5) is 43.8. The van der Waals surface area contributed by atoms with Gasteiger partial charge in [0.2, 0.25) is 0 Å². The number of hydrogen-bond acceptors (Lipinski definition) is 8. The maximum absolute atomic E-state index is 14.2. The fourth-order valence-electron chi connectivity index (χ4n) is 4.67. The molecule has 2 aliphatic rings. The second-order valence-corrected chi connectivity index (χ2v) is 11.0. The van der Waals surface area contributed by atoms with E-state index in [-0.39, 0.29) is 29.9 Å². The van der Waals surface area contributed by atoms with Gasteiger partial charge in [-0.25, -0.2) is 0 Å². The largest absolute Gasteiger partial charge is 0.466 e. The van der Waals surface area contributed by atoms with Gasteiger partial charge in [-0.1, -0.05) is 60.3 Å². The Morgan fingerprint density at radius 2 is 1.55 bits per heavy atom. The van der Waals surface area contributed by atoms with Gasteiger partial charge in [0, 0.05) is 11.9 Å². The molecule has 1 amide bonds. The van der Waals surface area contributed by atoms with Gasteiger partial charge >= 0.3 is 5.97 Å². The molecule has 0 spiro atoms. The number of thioether (sulfide) groups is 1. The summed E-state index contributed by atoms with van der Waals surface area (Å²) in [5, 5.41) is 6.63. The average Bonchev–Trinajstić information content (AvgIpc) is 3.60. The molecule has 6 rings (SSSR count). The number of carbonyl (C=O) groups is 2. The van der Waals surface area contributed by atoms with E-state index in [1.54, 1.807) is 23.6 Å². The van der Waals surface area contributed by atoms with Gasteiger partial charge in [0.1, 0.15) is 19.8 Å². The second-order valence-electron chi connectivity index (χ2n) is 9.00. The molecule has 1 aromatic heterocycles. The smallest absolute Gasteiger partial charge is 0.311 e. The summed E-state index contributed by atoms with van der Waals surface area (Å²) in [6.45, 7) is 1.93. The molecule has 0 radical (unpaired) electrons. The molecule has 0 atom stereocenters. The van der Waals surface area contributed by atoms with E-state index in [1.165, 1.54) is 28.1 Å². The number of aromatic nitrogens is 1. The van der Waals surface area contributed by atoms with Gasteiger partial charge in [0.15, 0.2) is 0 Å². The summed E-state index contributed by atoms with van der Waals surface area (Å²) in [5.74, 6) is -0.911. The fourth-order valence-corrected chi connectivity index (χ4v) is 7.18. The van der Waals surface area contributed by atoms with Gasteiger partial charge in [0.25, 0.3) is 11.5 Å².